The van der Waals surface area contributed by atoms with Crippen molar-refractivity contribution in [1.82, 2.24) is 19.1 Å². The van der Waals surface area contributed by atoms with E-state index in [1.165, 1.54) is 0 Å². The second kappa shape index (κ2) is 6.84. The standard InChI is InChI=1S/C24H21N5O/c1-16-5-4-6-20(11-16)29-22(15-28(3)24(29)30)21-13-17(7-9-25-21)19-12-18-8-10-26-23(18)27(2)14-19/h4-15H,1-3H3/p+1. The fourth-order valence-electron chi connectivity index (χ4n) is 3.94. The van der Waals surface area contributed by atoms with Gasteiger partial charge in [-0.2, -0.15) is 0 Å². The monoisotopic (exact) mass is 396 g/mol. The molecule has 0 saturated carbocycles. The number of hydrogen-bond acceptors (Lipinski definition) is 2. The Bertz CT molecular complexity index is 1450. The third-order valence-electron chi connectivity index (χ3n) is 5.42. The zero-order chi connectivity index (χ0) is 20.8. The molecule has 6 heteroatoms. The highest BCUT2D eigenvalue weighted by molar-refractivity contribution is 5.79. The number of nitrogens with one attached hydrogen (secondary N) is 1. The summed E-state index contributed by atoms with van der Waals surface area (Å²) >= 11 is 0. The van der Waals surface area contributed by atoms with E-state index >= 15 is 0 Å². The van der Waals surface area contributed by atoms with Gasteiger partial charge >= 0.3 is 5.69 Å². The van der Waals surface area contributed by atoms with E-state index in [4.69, 9.17) is 0 Å². The molecule has 30 heavy (non-hydrogen) atoms. The Morgan fingerprint density at radius 1 is 1.07 bits per heavy atom. The molecule has 0 spiro atoms. The fraction of sp³-hybridized carbons (Fsp3) is 0.125. The van der Waals surface area contributed by atoms with Gasteiger partial charge in [0.1, 0.15) is 0 Å². The Morgan fingerprint density at radius 2 is 1.93 bits per heavy atom. The number of hydrogen-bond donors (Lipinski definition) is 1. The Kier molecular flexibility index (Phi) is 4.13. The molecule has 0 amide bonds. The maximum absolute atomic E-state index is 12.9. The molecule has 4 heterocycles. The van der Waals surface area contributed by atoms with Crippen molar-refractivity contribution < 1.29 is 4.57 Å². The molecule has 0 saturated heterocycles. The van der Waals surface area contributed by atoms with Crippen molar-refractivity contribution in [2.24, 2.45) is 14.1 Å². The summed E-state index contributed by atoms with van der Waals surface area (Å²) in [6.07, 6.45) is 7.67. The highest BCUT2D eigenvalue weighted by Gasteiger charge is 2.16. The fourth-order valence-corrected chi connectivity index (χ4v) is 3.94. The smallest absolute Gasteiger partial charge is 0.301 e. The molecule has 0 radical (unpaired) electrons. The van der Waals surface area contributed by atoms with Crippen LogP contribution in [-0.4, -0.2) is 19.1 Å². The Labute approximate surface area is 173 Å². The van der Waals surface area contributed by atoms with Crippen LogP contribution in [0.4, 0.5) is 0 Å². The van der Waals surface area contributed by atoms with E-state index in [0.29, 0.717) is 0 Å². The van der Waals surface area contributed by atoms with Crippen molar-refractivity contribution in [2.45, 2.75) is 6.92 Å². The van der Waals surface area contributed by atoms with Crippen LogP contribution in [0, 0.1) is 6.92 Å². The van der Waals surface area contributed by atoms with Crippen molar-refractivity contribution in [1.29, 1.82) is 0 Å². The average Bonchev–Trinajstić information content (AvgIpc) is 3.33. The molecule has 6 nitrogen and oxygen atoms in total. The summed E-state index contributed by atoms with van der Waals surface area (Å²) in [6, 6.07) is 16.2. The van der Waals surface area contributed by atoms with Gasteiger partial charge in [0.2, 0.25) is 0 Å². The second-order valence-corrected chi connectivity index (χ2v) is 7.63. The van der Waals surface area contributed by atoms with Crippen LogP contribution < -0.4 is 10.3 Å². The number of aromatic nitrogens is 5. The summed E-state index contributed by atoms with van der Waals surface area (Å²) in [6.45, 7) is 2.02. The minimum Gasteiger partial charge on any atom is -0.301 e. The van der Waals surface area contributed by atoms with Crippen LogP contribution in [0.15, 0.2) is 78.1 Å². The van der Waals surface area contributed by atoms with E-state index in [2.05, 4.69) is 32.9 Å². The number of rotatable bonds is 3. The number of fused-ring (bicyclic) bond motifs is 1. The highest BCUT2D eigenvalue weighted by Crippen LogP contribution is 2.26. The van der Waals surface area contributed by atoms with Crippen LogP contribution in [0.1, 0.15) is 5.56 Å². The number of nitrogens with zero attached hydrogens (tertiary/aromatic N) is 4. The lowest BCUT2D eigenvalue weighted by Crippen LogP contribution is -2.28. The molecule has 148 valence electrons. The van der Waals surface area contributed by atoms with E-state index in [1.807, 2.05) is 62.8 Å². The molecule has 5 rings (SSSR count). The predicted octanol–water partition coefficient (Wildman–Crippen LogP) is 3.52. The molecule has 0 unspecified atom stereocenters. The molecule has 0 aliphatic rings. The molecule has 0 aliphatic heterocycles. The normalized spacial score (nSPS) is 11.3. The minimum atomic E-state index is -0.0945. The number of aryl methyl sites for hydroxylation is 3. The molecule has 1 aromatic carbocycles. The molecular formula is C24H22N5O+. The van der Waals surface area contributed by atoms with Gasteiger partial charge in [0.25, 0.3) is 5.65 Å². The number of pyridine rings is 2. The Balaban J connectivity index is 1.68. The van der Waals surface area contributed by atoms with Crippen molar-refractivity contribution in [3.8, 4) is 28.2 Å². The third-order valence-corrected chi connectivity index (χ3v) is 5.42. The van der Waals surface area contributed by atoms with Gasteiger partial charge in [0, 0.05) is 25.0 Å². The van der Waals surface area contributed by atoms with Gasteiger partial charge in [-0.05, 0) is 54.4 Å². The van der Waals surface area contributed by atoms with Gasteiger partial charge in [-0.15, -0.1) is 0 Å². The van der Waals surface area contributed by atoms with Gasteiger partial charge in [0.05, 0.1) is 41.9 Å². The van der Waals surface area contributed by atoms with Gasteiger partial charge in [-0.1, -0.05) is 12.1 Å². The van der Waals surface area contributed by atoms with E-state index in [9.17, 15) is 4.79 Å². The van der Waals surface area contributed by atoms with Crippen LogP contribution >= 0.6 is 0 Å². The Morgan fingerprint density at radius 3 is 2.77 bits per heavy atom. The summed E-state index contributed by atoms with van der Waals surface area (Å²) < 4.78 is 5.39. The lowest BCUT2D eigenvalue weighted by atomic mass is 10.1. The topological polar surface area (TPSA) is 59.5 Å². The molecule has 0 aliphatic carbocycles. The summed E-state index contributed by atoms with van der Waals surface area (Å²) in [5.41, 5.74) is 6.57. The van der Waals surface area contributed by atoms with Crippen LogP contribution in [0.25, 0.3) is 39.2 Å². The lowest BCUT2D eigenvalue weighted by molar-refractivity contribution is -0.646. The minimum absolute atomic E-state index is 0.0945. The molecule has 0 atom stereocenters. The van der Waals surface area contributed by atoms with Crippen molar-refractivity contribution in [2.75, 3.05) is 0 Å². The number of imidazole rings is 1. The summed E-state index contributed by atoms with van der Waals surface area (Å²) in [7, 11) is 3.79. The quantitative estimate of drug-likeness (QED) is 0.475. The van der Waals surface area contributed by atoms with Crippen LogP contribution in [0.3, 0.4) is 0 Å². The first-order valence-electron chi connectivity index (χ1n) is 9.80. The summed E-state index contributed by atoms with van der Waals surface area (Å²) in [5.74, 6) is 0. The largest absolute Gasteiger partial charge is 0.333 e. The SMILES string of the molecule is Cc1cccc(-n2c(-c3cc(-c4cc5cc[nH]c5[n+](C)c4)ccn3)cn(C)c2=O)c1. The number of H-pyrrole nitrogens is 1. The maximum atomic E-state index is 12.9. The number of aromatic amines is 1. The second-order valence-electron chi connectivity index (χ2n) is 7.63. The molecule has 0 fully saturated rings. The molecule has 4 aromatic heterocycles. The predicted molar refractivity (Wildman–Crippen MR) is 117 cm³/mol. The number of benzene rings is 1. The van der Waals surface area contributed by atoms with E-state index in [-0.39, 0.29) is 5.69 Å². The first kappa shape index (κ1) is 18.1. The van der Waals surface area contributed by atoms with Crippen molar-refractivity contribution >= 4 is 11.0 Å². The molecule has 5 aromatic rings. The van der Waals surface area contributed by atoms with Crippen molar-refractivity contribution in [3.05, 3.63) is 89.4 Å². The highest BCUT2D eigenvalue weighted by atomic mass is 16.1. The van der Waals surface area contributed by atoms with Crippen LogP contribution in [0.5, 0.6) is 0 Å². The van der Waals surface area contributed by atoms with Crippen LogP contribution in [0.2, 0.25) is 0 Å². The van der Waals surface area contributed by atoms with Crippen molar-refractivity contribution in [3.63, 3.8) is 0 Å². The van der Waals surface area contributed by atoms with E-state index < -0.39 is 0 Å². The first-order valence-corrected chi connectivity index (χ1v) is 9.80. The van der Waals surface area contributed by atoms with Gasteiger partial charge in [0.15, 0.2) is 0 Å². The maximum Gasteiger partial charge on any atom is 0.333 e. The zero-order valence-electron chi connectivity index (χ0n) is 17.1. The van der Waals surface area contributed by atoms with Gasteiger partial charge < -0.3 is 4.57 Å². The van der Waals surface area contributed by atoms with Gasteiger partial charge in [-0.25, -0.2) is 14.3 Å². The lowest BCUT2D eigenvalue weighted by Gasteiger charge is -2.09. The zero-order valence-corrected chi connectivity index (χ0v) is 17.1. The summed E-state index contributed by atoms with van der Waals surface area (Å²) in [5, 5.41) is 1.14. The molecule has 1 N–H and O–H groups in total. The average molecular weight is 396 g/mol. The first-order chi connectivity index (χ1) is 14.5. The van der Waals surface area contributed by atoms with Crippen LogP contribution in [-0.2, 0) is 14.1 Å². The molecule has 0 bridgehead atoms. The van der Waals surface area contributed by atoms with Gasteiger partial charge in [-0.3, -0.25) is 9.55 Å². The third kappa shape index (κ3) is 2.93. The molecular weight excluding hydrogens is 374 g/mol. The van der Waals surface area contributed by atoms with E-state index in [1.54, 1.807) is 22.4 Å². The van der Waals surface area contributed by atoms with E-state index in [0.717, 1.165) is 44.8 Å². The Hall–Kier alpha value is -3.93. The summed E-state index contributed by atoms with van der Waals surface area (Å²) in [4.78, 5) is 20.7.